The number of nitrogens with one attached hydrogen (secondary N) is 1. The van der Waals surface area contributed by atoms with Gasteiger partial charge in [0.2, 0.25) is 0 Å². The number of ether oxygens (including phenoxy) is 1. The van der Waals surface area contributed by atoms with Gasteiger partial charge in [0.15, 0.2) is 11.0 Å². The summed E-state index contributed by atoms with van der Waals surface area (Å²) < 4.78 is 5.46. The Morgan fingerprint density at radius 2 is 2.24 bits per heavy atom. The first kappa shape index (κ1) is 14.0. The highest BCUT2D eigenvalue weighted by molar-refractivity contribution is 6.32. The molecule has 17 heavy (non-hydrogen) atoms. The van der Waals surface area contributed by atoms with Crippen LogP contribution in [0.15, 0.2) is 6.33 Å². The molecule has 0 saturated carbocycles. The zero-order valence-corrected chi connectivity index (χ0v) is 11.0. The summed E-state index contributed by atoms with van der Waals surface area (Å²) in [4.78, 5) is 7.79. The summed E-state index contributed by atoms with van der Waals surface area (Å²) in [5.41, 5.74) is 6.10. The first-order valence-electron chi connectivity index (χ1n) is 5.69. The maximum Gasteiger partial charge on any atom is 0.157 e. The zero-order valence-electron chi connectivity index (χ0n) is 10.2. The van der Waals surface area contributed by atoms with Gasteiger partial charge >= 0.3 is 0 Å². The van der Waals surface area contributed by atoms with Gasteiger partial charge in [0.1, 0.15) is 12.0 Å². The number of nitrogen functional groups attached to an aromatic ring is 1. The molecule has 1 heterocycles. The minimum atomic E-state index is 0.276. The van der Waals surface area contributed by atoms with Crippen molar-refractivity contribution in [2.24, 2.45) is 5.92 Å². The van der Waals surface area contributed by atoms with E-state index >= 15 is 0 Å². The molecule has 0 fully saturated rings. The van der Waals surface area contributed by atoms with E-state index in [1.165, 1.54) is 6.33 Å². The average Bonchev–Trinajstić information content (AvgIpc) is 2.28. The lowest BCUT2D eigenvalue weighted by Crippen LogP contribution is -2.10. The van der Waals surface area contributed by atoms with Gasteiger partial charge in [-0.3, -0.25) is 0 Å². The molecular formula is C11H19ClN4O. The fourth-order valence-corrected chi connectivity index (χ4v) is 1.35. The summed E-state index contributed by atoms with van der Waals surface area (Å²) in [5.74, 6) is 1.15. The van der Waals surface area contributed by atoms with E-state index < -0.39 is 0 Å². The molecule has 0 aromatic carbocycles. The van der Waals surface area contributed by atoms with E-state index in [0.29, 0.717) is 17.4 Å². The average molecular weight is 259 g/mol. The van der Waals surface area contributed by atoms with Gasteiger partial charge in [-0.1, -0.05) is 25.4 Å². The normalized spacial score (nSPS) is 10.8. The molecule has 0 bridgehead atoms. The number of rotatable bonds is 7. The second-order valence-electron chi connectivity index (χ2n) is 4.18. The van der Waals surface area contributed by atoms with E-state index in [1.807, 2.05) is 0 Å². The Balaban J connectivity index is 2.20. The quantitative estimate of drug-likeness (QED) is 0.579. The molecule has 1 rings (SSSR count). The number of nitrogens with zero attached hydrogens (tertiary/aromatic N) is 2. The van der Waals surface area contributed by atoms with E-state index in [-0.39, 0.29) is 5.15 Å². The van der Waals surface area contributed by atoms with Gasteiger partial charge in [-0.05, 0) is 12.3 Å². The van der Waals surface area contributed by atoms with Crippen LogP contribution in [0.4, 0.5) is 11.5 Å². The fourth-order valence-electron chi connectivity index (χ4n) is 1.22. The minimum Gasteiger partial charge on any atom is -0.393 e. The molecule has 0 unspecified atom stereocenters. The van der Waals surface area contributed by atoms with Crippen LogP contribution in [-0.2, 0) is 4.74 Å². The van der Waals surface area contributed by atoms with Crippen LogP contribution in [0.1, 0.15) is 20.3 Å². The van der Waals surface area contributed by atoms with Crippen molar-refractivity contribution in [3.05, 3.63) is 11.5 Å². The van der Waals surface area contributed by atoms with Crippen LogP contribution in [0.5, 0.6) is 0 Å². The Labute approximate surface area is 107 Å². The van der Waals surface area contributed by atoms with Crippen LogP contribution < -0.4 is 11.1 Å². The van der Waals surface area contributed by atoms with Gasteiger partial charge in [-0.2, -0.15) is 0 Å². The highest BCUT2D eigenvalue weighted by Crippen LogP contribution is 2.21. The second-order valence-corrected chi connectivity index (χ2v) is 4.53. The van der Waals surface area contributed by atoms with Crippen molar-refractivity contribution in [1.82, 2.24) is 9.97 Å². The molecule has 6 heteroatoms. The number of nitrogens with two attached hydrogens (primary N) is 1. The van der Waals surface area contributed by atoms with E-state index in [0.717, 1.165) is 26.2 Å². The Hall–Kier alpha value is -1.07. The standard InChI is InChI=1S/C11H19ClN4O/c1-8(2)6-17-5-3-4-14-11-9(13)10(12)15-7-16-11/h7-8H,3-6,13H2,1-2H3,(H,14,15,16). The van der Waals surface area contributed by atoms with Gasteiger partial charge in [0.05, 0.1) is 0 Å². The third-order valence-electron chi connectivity index (χ3n) is 2.04. The molecule has 0 aliphatic carbocycles. The molecule has 0 aliphatic rings. The molecular weight excluding hydrogens is 240 g/mol. The molecule has 0 radical (unpaired) electrons. The van der Waals surface area contributed by atoms with Crippen molar-refractivity contribution < 1.29 is 4.74 Å². The Kier molecular flexibility index (Phi) is 6.00. The van der Waals surface area contributed by atoms with Crippen molar-refractivity contribution in [2.75, 3.05) is 30.8 Å². The molecule has 0 atom stereocenters. The highest BCUT2D eigenvalue weighted by Gasteiger charge is 2.04. The smallest absolute Gasteiger partial charge is 0.157 e. The van der Waals surface area contributed by atoms with Crippen molar-refractivity contribution in [3.8, 4) is 0 Å². The van der Waals surface area contributed by atoms with Crippen LogP contribution in [0, 0.1) is 5.92 Å². The first-order chi connectivity index (χ1) is 8.11. The lowest BCUT2D eigenvalue weighted by Gasteiger charge is -2.09. The summed E-state index contributed by atoms with van der Waals surface area (Å²) in [6.45, 7) is 6.52. The summed E-state index contributed by atoms with van der Waals surface area (Å²) in [5, 5.41) is 3.38. The molecule has 0 amide bonds. The van der Waals surface area contributed by atoms with Crippen LogP contribution in [0.25, 0.3) is 0 Å². The Morgan fingerprint density at radius 3 is 2.94 bits per heavy atom. The summed E-state index contributed by atoms with van der Waals surface area (Å²) >= 11 is 5.77. The molecule has 1 aromatic heterocycles. The number of hydrogen-bond donors (Lipinski definition) is 2. The van der Waals surface area contributed by atoms with Gasteiger partial charge in [-0.25, -0.2) is 9.97 Å². The van der Waals surface area contributed by atoms with Crippen LogP contribution in [0.3, 0.4) is 0 Å². The molecule has 1 aromatic rings. The summed E-state index contributed by atoms with van der Waals surface area (Å²) in [6, 6.07) is 0. The molecule has 3 N–H and O–H groups in total. The first-order valence-corrected chi connectivity index (χ1v) is 6.06. The summed E-state index contributed by atoms with van der Waals surface area (Å²) in [7, 11) is 0. The Bertz CT molecular complexity index is 346. The monoisotopic (exact) mass is 258 g/mol. The SMILES string of the molecule is CC(C)COCCCNc1ncnc(Cl)c1N. The molecule has 0 aliphatic heterocycles. The topological polar surface area (TPSA) is 73.1 Å². The minimum absolute atomic E-state index is 0.276. The van der Waals surface area contributed by atoms with Crippen LogP contribution in [-0.4, -0.2) is 29.7 Å². The fraction of sp³-hybridized carbons (Fsp3) is 0.636. The van der Waals surface area contributed by atoms with Crippen molar-refractivity contribution >= 4 is 23.1 Å². The van der Waals surface area contributed by atoms with Crippen LogP contribution in [0.2, 0.25) is 5.15 Å². The molecule has 0 saturated heterocycles. The Morgan fingerprint density at radius 1 is 1.47 bits per heavy atom. The molecule has 5 nitrogen and oxygen atoms in total. The van der Waals surface area contributed by atoms with Gasteiger partial charge in [0, 0.05) is 19.8 Å². The van der Waals surface area contributed by atoms with Crippen molar-refractivity contribution in [2.45, 2.75) is 20.3 Å². The van der Waals surface area contributed by atoms with E-state index in [2.05, 4.69) is 29.1 Å². The number of anilines is 2. The third kappa shape index (κ3) is 5.19. The predicted octanol–water partition coefficient (Wildman–Crippen LogP) is 2.19. The zero-order chi connectivity index (χ0) is 12.7. The van der Waals surface area contributed by atoms with Crippen molar-refractivity contribution in [1.29, 1.82) is 0 Å². The van der Waals surface area contributed by atoms with E-state index in [9.17, 15) is 0 Å². The van der Waals surface area contributed by atoms with Crippen molar-refractivity contribution in [3.63, 3.8) is 0 Å². The summed E-state index contributed by atoms with van der Waals surface area (Å²) in [6.07, 6.45) is 2.28. The number of hydrogen-bond acceptors (Lipinski definition) is 5. The molecule has 0 spiro atoms. The second kappa shape index (κ2) is 7.29. The lowest BCUT2D eigenvalue weighted by atomic mass is 10.2. The van der Waals surface area contributed by atoms with Gasteiger partial charge < -0.3 is 15.8 Å². The van der Waals surface area contributed by atoms with E-state index in [1.54, 1.807) is 0 Å². The largest absolute Gasteiger partial charge is 0.393 e. The maximum atomic E-state index is 5.77. The van der Waals surface area contributed by atoms with Gasteiger partial charge in [-0.15, -0.1) is 0 Å². The number of aromatic nitrogens is 2. The van der Waals surface area contributed by atoms with Gasteiger partial charge in [0.25, 0.3) is 0 Å². The maximum absolute atomic E-state index is 5.77. The third-order valence-corrected chi connectivity index (χ3v) is 2.35. The number of halogens is 1. The lowest BCUT2D eigenvalue weighted by molar-refractivity contribution is 0.110. The molecule has 96 valence electrons. The predicted molar refractivity (Wildman–Crippen MR) is 70.2 cm³/mol. The van der Waals surface area contributed by atoms with Crippen LogP contribution >= 0.6 is 11.6 Å². The van der Waals surface area contributed by atoms with E-state index in [4.69, 9.17) is 22.1 Å². The highest BCUT2D eigenvalue weighted by atomic mass is 35.5.